The summed E-state index contributed by atoms with van der Waals surface area (Å²) in [6.45, 7) is 7.21. The van der Waals surface area contributed by atoms with Crippen LogP contribution in [0, 0.1) is 11.3 Å². The average Bonchev–Trinajstić information content (AvgIpc) is 2.45. The van der Waals surface area contributed by atoms with Gasteiger partial charge in [0.25, 0.3) is 0 Å². The van der Waals surface area contributed by atoms with E-state index in [2.05, 4.69) is 22.9 Å². The molecule has 100 valence electrons. The Morgan fingerprint density at radius 3 is 2.68 bits per heavy atom. The van der Waals surface area contributed by atoms with Gasteiger partial charge in [-0.3, -0.25) is 10.2 Å². The van der Waals surface area contributed by atoms with Crippen molar-refractivity contribution in [3.63, 3.8) is 0 Å². The van der Waals surface area contributed by atoms with E-state index in [1.807, 2.05) is 0 Å². The van der Waals surface area contributed by atoms with Gasteiger partial charge in [0.15, 0.2) is 12.2 Å². The molecule has 1 heterocycles. The molecule has 0 saturated carbocycles. The van der Waals surface area contributed by atoms with Crippen molar-refractivity contribution in [1.82, 2.24) is 4.98 Å². The Kier molecular flexibility index (Phi) is 6.02. The minimum atomic E-state index is -0.0768. The number of hydrogen-bond donors (Lipinski definition) is 1. The summed E-state index contributed by atoms with van der Waals surface area (Å²) < 4.78 is 9.72. The first-order chi connectivity index (χ1) is 9.21. The van der Waals surface area contributed by atoms with Gasteiger partial charge < -0.3 is 9.47 Å². The molecule has 0 unspecified atom stereocenters. The van der Waals surface area contributed by atoms with Crippen LogP contribution in [-0.4, -0.2) is 24.0 Å². The summed E-state index contributed by atoms with van der Waals surface area (Å²) in [5.41, 5.74) is 0.369. The molecule has 0 aromatic carbocycles. The second-order valence-corrected chi connectivity index (χ2v) is 3.69. The summed E-state index contributed by atoms with van der Waals surface area (Å²) in [5.74, 6) is 0.348. The molecule has 1 N–H and O–H groups in total. The van der Waals surface area contributed by atoms with Crippen molar-refractivity contribution in [2.24, 2.45) is 5.92 Å². The summed E-state index contributed by atoms with van der Waals surface area (Å²) in [7, 11) is 0. The molecular weight excluding hydrogens is 244 g/mol. The number of hydrogen-bond acceptors (Lipinski definition) is 5. The van der Waals surface area contributed by atoms with Crippen LogP contribution in [-0.2, 0) is 4.74 Å². The van der Waals surface area contributed by atoms with Crippen molar-refractivity contribution < 1.29 is 14.3 Å². The second kappa shape index (κ2) is 7.81. The first-order valence-electron chi connectivity index (χ1n) is 5.69. The van der Waals surface area contributed by atoms with E-state index in [-0.39, 0.29) is 18.5 Å². The van der Waals surface area contributed by atoms with Gasteiger partial charge in [0, 0.05) is 12.3 Å². The van der Waals surface area contributed by atoms with Crippen LogP contribution in [0.4, 0.5) is 0 Å². The first-order valence-corrected chi connectivity index (χ1v) is 5.69. The number of ketones is 1. The highest BCUT2D eigenvalue weighted by Gasteiger charge is 2.11. The summed E-state index contributed by atoms with van der Waals surface area (Å²) in [4.78, 5) is 15.9. The van der Waals surface area contributed by atoms with E-state index in [4.69, 9.17) is 10.1 Å². The summed E-state index contributed by atoms with van der Waals surface area (Å²) in [6.07, 6.45) is 5.89. The molecule has 1 rings (SSSR count). The molecule has 5 nitrogen and oxygen atoms in total. The van der Waals surface area contributed by atoms with Crippen molar-refractivity contribution >= 4 is 12.2 Å². The normalized spacial score (nSPS) is 9.74. The van der Waals surface area contributed by atoms with Crippen molar-refractivity contribution in [2.45, 2.75) is 6.42 Å². The predicted octanol–water partition coefficient (Wildman–Crippen LogP) is 2.60. The van der Waals surface area contributed by atoms with Gasteiger partial charge in [-0.15, -0.1) is 13.2 Å². The van der Waals surface area contributed by atoms with E-state index in [1.165, 1.54) is 6.20 Å². The third-order valence-corrected chi connectivity index (χ3v) is 2.43. The summed E-state index contributed by atoms with van der Waals surface area (Å²) in [5, 5.41) is 6.66. The fourth-order valence-electron chi connectivity index (χ4n) is 1.35. The van der Waals surface area contributed by atoms with Crippen LogP contribution in [0.3, 0.4) is 0 Å². The molecule has 1 aromatic heterocycles. The average molecular weight is 260 g/mol. The zero-order valence-corrected chi connectivity index (χ0v) is 10.5. The van der Waals surface area contributed by atoms with Gasteiger partial charge >= 0.3 is 0 Å². The first kappa shape index (κ1) is 14.6. The Morgan fingerprint density at radius 2 is 2.16 bits per heavy atom. The van der Waals surface area contributed by atoms with Crippen LogP contribution in [0.1, 0.15) is 16.9 Å². The third kappa shape index (κ3) is 4.75. The number of carbonyl (C=O) groups excluding carboxylic acids is 1. The summed E-state index contributed by atoms with van der Waals surface area (Å²) in [6, 6.07) is 3.22. The van der Waals surface area contributed by atoms with Gasteiger partial charge in [0.1, 0.15) is 11.4 Å². The van der Waals surface area contributed by atoms with Crippen LogP contribution in [0.2, 0.25) is 0 Å². The van der Waals surface area contributed by atoms with Gasteiger partial charge in [0.05, 0.1) is 6.20 Å². The lowest BCUT2D eigenvalue weighted by molar-refractivity contribution is 0.0970. The molecule has 0 aliphatic heterocycles. The van der Waals surface area contributed by atoms with E-state index in [9.17, 15) is 4.79 Å². The standard InChI is InChI=1S/C14H16N2O3/c1-3-11(4-2)7-14(17)13-6-5-12(8-16-13)19-10-18-9-15/h3-6,8-9,11,15H,1-2,7,10H2. The molecule has 0 bridgehead atoms. The molecule has 0 saturated heterocycles. The Balaban J connectivity index is 2.59. The molecule has 0 radical (unpaired) electrons. The number of Topliss-reactive ketones (excluding diaryl/α,β-unsaturated/α-hetero) is 1. The monoisotopic (exact) mass is 260 g/mol. The summed E-state index contributed by atoms with van der Waals surface area (Å²) >= 11 is 0. The van der Waals surface area contributed by atoms with Gasteiger partial charge in [-0.1, -0.05) is 12.2 Å². The molecule has 0 atom stereocenters. The third-order valence-electron chi connectivity index (χ3n) is 2.43. The highest BCUT2D eigenvalue weighted by Crippen LogP contribution is 2.13. The number of allylic oxidation sites excluding steroid dienone is 2. The highest BCUT2D eigenvalue weighted by molar-refractivity contribution is 5.94. The van der Waals surface area contributed by atoms with E-state index in [0.717, 1.165) is 6.40 Å². The lowest BCUT2D eigenvalue weighted by atomic mass is 10.0. The molecule has 0 fully saturated rings. The number of aromatic nitrogens is 1. The molecule has 0 amide bonds. The zero-order valence-electron chi connectivity index (χ0n) is 10.5. The molecule has 19 heavy (non-hydrogen) atoms. The Hall–Kier alpha value is -2.43. The Morgan fingerprint density at radius 1 is 1.42 bits per heavy atom. The Bertz CT molecular complexity index is 446. The van der Waals surface area contributed by atoms with Crippen molar-refractivity contribution in [1.29, 1.82) is 5.41 Å². The maximum atomic E-state index is 11.9. The largest absolute Gasteiger partial charge is 0.456 e. The van der Waals surface area contributed by atoms with Crippen LogP contribution in [0.5, 0.6) is 5.75 Å². The number of rotatable bonds is 9. The lowest BCUT2D eigenvalue weighted by Crippen LogP contribution is -2.07. The van der Waals surface area contributed by atoms with Crippen molar-refractivity contribution in [3.8, 4) is 5.75 Å². The van der Waals surface area contributed by atoms with Crippen LogP contribution in [0.25, 0.3) is 0 Å². The van der Waals surface area contributed by atoms with Gasteiger partial charge in [0.2, 0.25) is 6.79 Å². The van der Waals surface area contributed by atoms with E-state index in [1.54, 1.807) is 24.3 Å². The van der Waals surface area contributed by atoms with Crippen LogP contribution < -0.4 is 4.74 Å². The maximum Gasteiger partial charge on any atom is 0.232 e. The highest BCUT2D eigenvalue weighted by atomic mass is 16.7. The fraction of sp³-hybridized carbons (Fsp3) is 0.214. The molecule has 5 heteroatoms. The Labute approximate surface area is 112 Å². The number of carbonyl (C=O) groups is 1. The molecule has 0 aliphatic rings. The molecule has 0 spiro atoms. The lowest BCUT2D eigenvalue weighted by Gasteiger charge is -2.07. The zero-order chi connectivity index (χ0) is 14.1. The molecular formula is C14H16N2O3. The van der Waals surface area contributed by atoms with E-state index >= 15 is 0 Å². The SMILES string of the molecule is C=CC(C=C)CC(=O)c1ccc(OCOC=N)cn1. The maximum absolute atomic E-state index is 11.9. The minimum absolute atomic E-state index is 0.0498. The topological polar surface area (TPSA) is 72.3 Å². The van der Waals surface area contributed by atoms with Gasteiger partial charge in [-0.25, -0.2) is 4.98 Å². The fourth-order valence-corrected chi connectivity index (χ4v) is 1.35. The van der Waals surface area contributed by atoms with Crippen molar-refractivity contribution in [2.75, 3.05) is 6.79 Å². The van der Waals surface area contributed by atoms with Crippen molar-refractivity contribution in [3.05, 3.63) is 49.3 Å². The molecule has 0 aliphatic carbocycles. The van der Waals surface area contributed by atoms with E-state index in [0.29, 0.717) is 17.9 Å². The number of nitrogens with one attached hydrogen (secondary N) is 1. The van der Waals surface area contributed by atoms with Gasteiger partial charge in [-0.2, -0.15) is 0 Å². The van der Waals surface area contributed by atoms with Crippen LogP contribution >= 0.6 is 0 Å². The second-order valence-electron chi connectivity index (χ2n) is 3.69. The smallest absolute Gasteiger partial charge is 0.232 e. The van der Waals surface area contributed by atoms with E-state index < -0.39 is 0 Å². The molecule has 1 aromatic rings. The van der Waals surface area contributed by atoms with Crippen LogP contribution in [0.15, 0.2) is 43.6 Å². The number of ether oxygens (including phenoxy) is 2. The number of pyridine rings is 1. The number of nitrogens with zero attached hydrogens (tertiary/aromatic N) is 1. The van der Waals surface area contributed by atoms with Gasteiger partial charge in [-0.05, 0) is 12.1 Å². The predicted molar refractivity (Wildman–Crippen MR) is 72.4 cm³/mol. The quantitative estimate of drug-likeness (QED) is 0.185. The minimum Gasteiger partial charge on any atom is -0.456 e.